The Kier molecular flexibility index (Phi) is 3.42. The van der Waals surface area contributed by atoms with Crippen molar-refractivity contribution in [2.24, 2.45) is 0 Å². The summed E-state index contributed by atoms with van der Waals surface area (Å²) in [5, 5.41) is 18.8. The van der Waals surface area contributed by atoms with Gasteiger partial charge in [-0.25, -0.2) is 0 Å². The predicted molar refractivity (Wildman–Crippen MR) is 55.7 cm³/mol. The molecule has 0 radical (unpaired) electrons. The molecule has 0 spiro atoms. The summed E-state index contributed by atoms with van der Waals surface area (Å²) >= 11 is 5.77. The number of benzene rings is 1. The van der Waals surface area contributed by atoms with Gasteiger partial charge in [-0.3, -0.25) is 4.79 Å². The Morgan fingerprint density at radius 2 is 2.13 bits per heavy atom. The number of carboxylic acids is 1. The molecular formula is C10H11ClO4. The van der Waals surface area contributed by atoms with Crippen LogP contribution in [-0.4, -0.2) is 23.3 Å². The monoisotopic (exact) mass is 230 g/mol. The zero-order chi connectivity index (χ0) is 11.6. The van der Waals surface area contributed by atoms with Crippen LogP contribution in [0.3, 0.4) is 0 Å². The number of rotatable bonds is 3. The van der Waals surface area contributed by atoms with Crippen LogP contribution in [0.4, 0.5) is 0 Å². The zero-order valence-corrected chi connectivity index (χ0v) is 9.08. The lowest BCUT2D eigenvalue weighted by Gasteiger charge is -2.12. The molecular weight excluding hydrogens is 220 g/mol. The number of phenols is 1. The summed E-state index contributed by atoms with van der Waals surface area (Å²) in [4.78, 5) is 10.8. The zero-order valence-electron chi connectivity index (χ0n) is 8.32. The predicted octanol–water partition coefficient (Wildman–Crippen LogP) is 2.24. The first-order valence-electron chi connectivity index (χ1n) is 4.26. The number of hydrogen-bond acceptors (Lipinski definition) is 3. The topological polar surface area (TPSA) is 66.8 Å². The standard InChI is InChI=1S/C10H11ClO4/c1-5(10(13)14)7-3-6(11)4-8(15-2)9(7)12/h3-5,12H,1-2H3,(H,13,14). The third-order valence-corrected chi connectivity index (χ3v) is 2.34. The van der Waals surface area contributed by atoms with E-state index in [2.05, 4.69) is 0 Å². The molecule has 0 aliphatic rings. The Balaban J connectivity index is 3.28. The van der Waals surface area contributed by atoms with E-state index in [-0.39, 0.29) is 17.1 Å². The quantitative estimate of drug-likeness (QED) is 0.836. The maximum atomic E-state index is 10.8. The highest BCUT2D eigenvalue weighted by atomic mass is 35.5. The summed E-state index contributed by atoms with van der Waals surface area (Å²) in [7, 11) is 1.38. The normalized spacial score (nSPS) is 12.2. The molecule has 1 atom stereocenters. The molecule has 0 bridgehead atoms. The van der Waals surface area contributed by atoms with E-state index in [1.807, 2.05) is 0 Å². The highest BCUT2D eigenvalue weighted by Crippen LogP contribution is 2.37. The van der Waals surface area contributed by atoms with Crippen LogP contribution < -0.4 is 4.74 Å². The van der Waals surface area contributed by atoms with Crippen molar-refractivity contribution in [1.29, 1.82) is 0 Å². The molecule has 0 heterocycles. The molecule has 0 aromatic heterocycles. The number of hydrogen-bond donors (Lipinski definition) is 2. The molecule has 1 rings (SSSR count). The summed E-state index contributed by atoms with van der Waals surface area (Å²) in [5.74, 6) is -1.88. The van der Waals surface area contributed by atoms with Crippen molar-refractivity contribution in [2.75, 3.05) is 7.11 Å². The van der Waals surface area contributed by atoms with Crippen molar-refractivity contribution in [3.05, 3.63) is 22.7 Å². The molecule has 5 heteroatoms. The Morgan fingerprint density at radius 1 is 1.53 bits per heavy atom. The average molecular weight is 231 g/mol. The number of halogens is 1. The lowest BCUT2D eigenvalue weighted by Crippen LogP contribution is -2.08. The minimum absolute atomic E-state index is 0.172. The fourth-order valence-corrected chi connectivity index (χ4v) is 1.43. The molecule has 2 N–H and O–H groups in total. The van der Waals surface area contributed by atoms with Gasteiger partial charge in [-0.15, -0.1) is 0 Å². The smallest absolute Gasteiger partial charge is 0.310 e. The third kappa shape index (κ3) is 2.33. The number of ether oxygens (including phenoxy) is 1. The second-order valence-corrected chi connectivity index (χ2v) is 3.54. The van der Waals surface area contributed by atoms with Crippen molar-refractivity contribution in [3.63, 3.8) is 0 Å². The molecule has 0 saturated carbocycles. The van der Waals surface area contributed by atoms with E-state index in [4.69, 9.17) is 21.4 Å². The van der Waals surface area contributed by atoms with Crippen LogP contribution in [0.5, 0.6) is 11.5 Å². The highest BCUT2D eigenvalue weighted by molar-refractivity contribution is 6.30. The van der Waals surface area contributed by atoms with Gasteiger partial charge in [0.2, 0.25) is 0 Å². The van der Waals surface area contributed by atoms with Gasteiger partial charge in [0.15, 0.2) is 11.5 Å². The lowest BCUT2D eigenvalue weighted by atomic mass is 10.00. The van der Waals surface area contributed by atoms with E-state index < -0.39 is 11.9 Å². The van der Waals surface area contributed by atoms with E-state index >= 15 is 0 Å². The Morgan fingerprint density at radius 3 is 2.60 bits per heavy atom. The van der Waals surface area contributed by atoms with Crippen LogP contribution in [0.15, 0.2) is 12.1 Å². The second-order valence-electron chi connectivity index (χ2n) is 3.11. The van der Waals surface area contributed by atoms with Gasteiger partial charge < -0.3 is 14.9 Å². The van der Waals surface area contributed by atoms with Crippen molar-refractivity contribution in [1.82, 2.24) is 0 Å². The third-order valence-electron chi connectivity index (χ3n) is 2.13. The minimum Gasteiger partial charge on any atom is -0.504 e. The maximum absolute atomic E-state index is 10.8. The first kappa shape index (κ1) is 11.7. The minimum atomic E-state index is -1.03. The Labute approximate surface area is 92.1 Å². The van der Waals surface area contributed by atoms with E-state index in [0.717, 1.165) is 0 Å². The van der Waals surface area contributed by atoms with Gasteiger partial charge in [0.25, 0.3) is 0 Å². The number of aliphatic carboxylic acids is 1. The SMILES string of the molecule is COc1cc(Cl)cc(C(C)C(=O)O)c1O. The van der Waals surface area contributed by atoms with Crippen LogP contribution in [0, 0.1) is 0 Å². The first-order chi connectivity index (χ1) is 6.97. The van der Waals surface area contributed by atoms with Gasteiger partial charge in [0, 0.05) is 16.7 Å². The molecule has 0 aliphatic heterocycles. The Hall–Kier alpha value is -1.42. The maximum Gasteiger partial charge on any atom is 0.310 e. The lowest BCUT2D eigenvalue weighted by molar-refractivity contribution is -0.138. The fraction of sp³-hybridized carbons (Fsp3) is 0.300. The van der Waals surface area contributed by atoms with Crippen LogP contribution in [0.1, 0.15) is 18.4 Å². The number of carboxylic acid groups (broad SMARTS) is 1. The van der Waals surface area contributed by atoms with Gasteiger partial charge in [-0.2, -0.15) is 0 Å². The van der Waals surface area contributed by atoms with Crippen molar-refractivity contribution >= 4 is 17.6 Å². The highest BCUT2D eigenvalue weighted by Gasteiger charge is 2.20. The molecule has 15 heavy (non-hydrogen) atoms. The molecule has 0 aliphatic carbocycles. The average Bonchev–Trinajstić information content (AvgIpc) is 2.19. The van der Waals surface area contributed by atoms with E-state index in [0.29, 0.717) is 5.02 Å². The summed E-state index contributed by atoms with van der Waals surface area (Å²) in [5.41, 5.74) is 0.242. The Bertz CT molecular complexity index is 389. The van der Waals surface area contributed by atoms with Gasteiger partial charge in [-0.1, -0.05) is 11.6 Å². The molecule has 1 aromatic rings. The van der Waals surface area contributed by atoms with Crippen LogP contribution in [0.25, 0.3) is 0 Å². The van der Waals surface area contributed by atoms with Crippen molar-refractivity contribution in [2.45, 2.75) is 12.8 Å². The molecule has 82 valence electrons. The van der Waals surface area contributed by atoms with Gasteiger partial charge in [0.05, 0.1) is 13.0 Å². The van der Waals surface area contributed by atoms with Crippen LogP contribution >= 0.6 is 11.6 Å². The number of carbonyl (C=O) groups is 1. The van der Waals surface area contributed by atoms with Crippen molar-refractivity contribution < 1.29 is 19.7 Å². The van der Waals surface area contributed by atoms with E-state index in [9.17, 15) is 9.90 Å². The summed E-state index contributed by atoms with van der Waals surface area (Å²) < 4.78 is 4.87. The molecule has 0 saturated heterocycles. The number of phenolic OH excluding ortho intramolecular Hbond substituents is 1. The summed E-state index contributed by atoms with van der Waals surface area (Å²) in [6, 6.07) is 2.84. The van der Waals surface area contributed by atoms with Gasteiger partial charge in [0.1, 0.15) is 0 Å². The van der Waals surface area contributed by atoms with Crippen LogP contribution in [0.2, 0.25) is 5.02 Å². The molecule has 1 aromatic carbocycles. The summed E-state index contributed by atoms with van der Waals surface area (Å²) in [6.45, 7) is 1.47. The molecule has 0 fully saturated rings. The van der Waals surface area contributed by atoms with Crippen LogP contribution in [-0.2, 0) is 4.79 Å². The van der Waals surface area contributed by atoms with Gasteiger partial charge in [-0.05, 0) is 13.0 Å². The number of aromatic hydroxyl groups is 1. The van der Waals surface area contributed by atoms with E-state index in [1.165, 1.54) is 26.2 Å². The molecule has 1 unspecified atom stereocenters. The second kappa shape index (κ2) is 4.40. The van der Waals surface area contributed by atoms with Crippen molar-refractivity contribution in [3.8, 4) is 11.5 Å². The molecule has 0 amide bonds. The number of methoxy groups -OCH3 is 1. The first-order valence-corrected chi connectivity index (χ1v) is 4.64. The fourth-order valence-electron chi connectivity index (χ4n) is 1.21. The van der Waals surface area contributed by atoms with E-state index in [1.54, 1.807) is 0 Å². The summed E-state index contributed by atoms with van der Waals surface area (Å²) in [6.07, 6.45) is 0. The molecule has 4 nitrogen and oxygen atoms in total. The largest absolute Gasteiger partial charge is 0.504 e. The van der Waals surface area contributed by atoms with Gasteiger partial charge >= 0.3 is 5.97 Å².